The fourth-order valence-corrected chi connectivity index (χ4v) is 6.00. The molecule has 0 radical (unpaired) electrons. The van der Waals surface area contributed by atoms with Crippen LogP contribution >= 0.6 is 0 Å². The second kappa shape index (κ2) is 11.3. The van der Waals surface area contributed by atoms with Crippen LogP contribution in [0.5, 0.6) is 11.5 Å². The lowest BCUT2D eigenvalue weighted by molar-refractivity contribution is -0.228. The molecule has 0 aliphatic heterocycles. The van der Waals surface area contributed by atoms with E-state index in [9.17, 15) is 26.3 Å². The van der Waals surface area contributed by atoms with Gasteiger partial charge in [-0.3, -0.25) is 0 Å². The summed E-state index contributed by atoms with van der Waals surface area (Å²) in [7, 11) is 0. The van der Waals surface area contributed by atoms with Gasteiger partial charge in [-0.1, -0.05) is 32.6 Å². The highest BCUT2D eigenvalue weighted by atomic mass is 19.4. The van der Waals surface area contributed by atoms with Gasteiger partial charge in [0.1, 0.15) is 22.6 Å². The van der Waals surface area contributed by atoms with Crippen molar-refractivity contribution in [2.45, 2.75) is 96.5 Å². The average Bonchev–Trinajstić information content (AvgIpc) is 2.79. The van der Waals surface area contributed by atoms with Gasteiger partial charge in [0.15, 0.2) is 0 Å². The van der Waals surface area contributed by atoms with E-state index in [1.54, 1.807) is 0 Å². The zero-order valence-corrected chi connectivity index (χ0v) is 20.6. The first kappa shape index (κ1) is 28.8. The molecule has 2 aliphatic rings. The van der Waals surface area contributed by atoms with Crippen LogP contribution in [0, 0.1) is 23.7 Å². The van der Waals surface area contributed by atoms with Gasteiger partial charge in [-0.2, -0.15) is 35.1 Å². The lowest BCUT2D eigenvalue weighted by atomic mass is 9.68. The molecule has 1 aromatic rings. The van der Waals surface area contributed by atoms with Crippen LogP contribution in [0.4, 0.5) is 35.1 Å². The SMILES string of the molecule is CCCC1CCC(C2CCC(C(F)(F)Oc3ccc(OCC)c(C(F)(F)F)c3C(F)(F)F)CC2)CC1. The molecule has 2 nitrogen and oxygen atoms in total. The van der Waals surface area contributed by atoms with Gasteiger partial charge in [-0.25, -0.2) is 0 Å². The van der Waals surface area contributed by atoms with Crippen LogP contribution in [0.25, 0.3) is 0 Å². The molecule has 0 unspecified atom stereocenters. The molecule has 36 heavy (non-hydrogen) atoms. The molecule has 10 heteroatoms. The Morgan fingerprint density at radius 3 is 1.64 bits per heavy atom. The van der Waals surface area contributed by atoms with Crippen molar-refractivity contribution < 1.29 is 44.6 Å². The first-order valence-electron chi connectivity index (χ1n) is 12.8. The average molecular weight is 531 g/mol. The third kappa shape index (κ3) is 6.77. The monoisotopic (exact) mass is 530 g/mol. The number of ether oxygens (including phenoxy) is 2. The molecule has 3 rings (SSSR count). The number of rotatable bonds is 8. The van der Waals surface area contributed by atoms with Crippen molar-refractivity contribution >= 4 is 0 Å². The molecular formula is C26H34F8O2. The van der Waals surface area contributed by atoms with Gasteiger partial charge in [-0.05, 0) is 75.3 Å². The molecule has 0 N–H and O–H groups in total. The summed E-state index contributed by atoms with van der Waals surface area (Å²) < 4.78 is 121. The van der Waals surface area contributed by atoms with Crippen molar-refractivity contribution in [2.24, 2.45) is 23.7 Å². The summed E-state index contributed by atoms with van der Waals surface area (Å²) in [6, 6.07) is 1.08. The predicted molar refractivity (Wildman–Crippen MR) is 119 cm³/mol. The molecule has 0 aromatic heterocycles. The minimum atomic E-state index is -5.59. The van der Waals surface area contributed by atoms with Crippen LogP contribution in [0.15, 0.2) is 12.1 Å². The lowest BCUT2D eigenvalue weighted by Gasteiger charge is -2.39. The molecule has 0 spiro atoms. The summed E-state index contributed by atoms with van der Waals surface area (Å²) >= 11 is 0. The summed E-state index contributed by atoms with van der Waals surface area (Å²) in [6.07, 6.45) is -7.25. The van der Waals surface area contributed by atoms with Crippen molar-refractivity contribution in [2.75, 3.05) is 6.61 Å². The summed E-state index contributed by atoms with van der Waals surface area (Å²) in [5.74, 6) is -2.52. The molecule has 1 aromatic carbocycles. The highest BCUT2D eigenvalue weighted by Crippen LogP contribution is 2.51. The maximum Gasteiger partial charge on any atom is 0.420 e. The van der Waals surface area contributed by atoms with Crippen LogP contribution in [-0.4, -0.2) is 12.7 Å². The summed E-state index contributed by atoms with van der Waals surface area (Å²) in [4.78, 5) is 0. The van der Waals surface area contributed by atoms with Crippen LogP contribution in [-0.2, 0) is 12.4 Å². The summed E-state index contributed by atoms with van der Waals surface area (Å²) in [6.45, 7) is 3.13. The molecule has 0 heterocycles. The quantitative estimate of drug-likeness (QED) is 0.312. The van der Waals surface area contributed by atoms with E-state index < -0.39 is 47.0 Å². The number of hydrogen-bond donors (Lipinski definition) is 0. The van der Waals surface area contributed by atoms with Gasteiger partial charge in [-0.15, -0.1) is 0 Å². The highest BCUT2D eigenvalue weighted by molar-refractivity contribution is 5.52. The molecule has 0 atom stereocenters. The zero-order chi connectivity index (χ0) is 26.7. The Kier molecular flexibility index (Phi) is 9.08. The molecule has 0 amide bonds. The smallest absolute Gasteiger partial charge is 0.420 e. The van der Waals surface area contributed by atoms with E-state index in [1.807, 2.05) is 0 Å². The molecule has 2 aliphatic carbocycles. The topological polar surface area (TPSA) is 18.5 Å². The van der Waals surface area contributed by atoms with Crippen molar-refractivity contribution in [3.8, 4) is 11.5 Å². The molecule has 0 bridgehead atoms. The van der Waals surface area contributed by atoms with Gasteiger partial charge < -0.3 is 9.47 Å². The third-order valence-electron chi connectivity index (χ3n) is 7.74. The summed E-state index contributed by atoms with van der Waals surface area (Å²) in [5.41, 5.74) is -4.45. The second-order valence-electron chi connectivity index (χ2n) is 10.1. The Balaban J connectivity index is 1.75. The van der Waals surface area contributed by atoms with Crippen LogP contribution in [0.3, 0.4) is 0 Å². The molecule has 2 saturated carbocycles. The fraction of sp³-hybridized carbons (Fsp3) is 0.769. The van der Waals surface area contributed by atoms with Crippen molar-refractivity contribution in [3.05, 3.63) is 23.3 Å². The third-order valence-corrected chi connectivity index (χ3v) is 7.74. The number of hydrogen-bond acceptors (Lipinski definition) is 2. The van der Waals surface area contributed by atoms with E-state index >= 15 is 8.78 Å². The van der Waals surface area contributed by atoms with E-state index in [0.717, 1.165) is 38.0 Å². The van der Waals surface area contributed by atoms with Crippen molar-refractivity contribution in [1.82, 2.24) is 0 Å². The molecule has 206 valence electrons. The summed E-state index contributed by atoms with van der Waals surface area (Å²) in [5, 5.41) is 0. The molecule has 2 fully saturated rings. The van der Waals surface area contributed by atoms with Crippen LogP contribution in [0.2, 0.25) is 0 Å². The number of alkyl halides is 8. The minimum absolute atomic E-state index is 0.0526. The van der Waals surface area contributed by atoms with Crippen LogP contribution < -0.4 is 9.47 Å². The van der Waals surface area contributed by atoms with E-state index in [0.29, 0.717) is 30.9 Å². The van der Waals surface area contributed by atoms with Gasteiger partial charge in [0.05, 0.1) is 12.5 Å². The normalized spacial score (nSPS) is 26.1. The van der Waals surface area contributed by atoms with Crippen LogP contribution in [0.1, 0.15) is 89.2 Å². The first-order chi connectivity index (χ1) is 16.8. The largest absolute Gasteiger partial charge is 0.493 e. The Bertz CT molecular complexity index is 849. The number of halogens is 8. The first-order valence-corrected chi connectivity index (χ1v) is 12.8. The van der Waals surface area contributed by atoms with E-state index in [1.165, 1.54) is 13.3 Å². The van der Waals surface area contributed by atoms with Crippen molar-refractivity contribution in [1.29, 1.82) is 0 Å². The van der Waals surface area contributed by atoms with Crippen molar-refractivity contribution in [3.63, 3.8) is 0 Å². The van der Waals surface area contributed by atoms with Gasteiger partial charge in [0.25, 0.3) is 0 Å². The lowest BCUT2D eigenvalue weighted by Crippen LogP contribution is -2.39. The predicted octanol–water partition coefficient (Wildman–Crippen LogP) is 9.51. The Morgan fingerprint density at radius 1 is 0.694 bits per heavy atom. The van der Waals surface area contributed by atoms with E-state index in [-0.39, 0.29) is 25.4 Å². The minimum Gasteiger partial charge on any atom is -0.493 e. The van der Waals surface area contributed by atoms with Gasteiger partial charge in [0, 0.05) is 0 Å². The Hall–Kier alpha value is -1.74. The van der Waals surface area contributed by atoms with Gasteiger partial charge >= 0.3 is 18.5 Å². The maximum absolute atomic E-state index is 15.0. The van der Waals surface area contributed by atoms with E-state index in [2.05, 4.69) is 11.7 Å². The Morgan fingerprint density at radius 2 is 1.17 bits per heavy atom. The highest BCUT2D eigenvalue weighted by Gasteiger charge is 2.51. The van der Waals surface area contributed by atoms with E-state index in [4.69, 9.17) is 4.74 Å². The van der Waals surface area contributed by atoms with Gasteiger partial charge in [0.2, 0.25) is 0 Å². The molecule has 0 saturated heterocycles. The Labute approximate surface area is 206 Å². The fourth-order valence-electron chi connectivity index (χ4n) is 6.00. The second-order valence-corrected chi connectivity index (χ2v) is 10.1. The zero-order valence-electron chi connectivity index (χ0n) is 20.6. The molecular weight excluding hydrogens is 496 g/mol. The standard InChI is InChI=1S/C26H34F8O2/c1-3-5-16-6-8-17(9-7-16)18-10-12-19(13-11-18)26(33,34)36-21-15-14-20(35-4-2)22(24(27,28)29)23(21)25(30,31)32/h14-19H,3-13H2,1-2H3. The maximum atomic E-state index is 15.0. The number of benzene rings is 1.